The molecular weight excluding hydrogens is 384 g/mol. The number of hydrogen-bond donors (Lipinski definition) is 2. The number of carbonyl (C=O) groups excluding carboxylic acids is 3. The van der Waals surface area contributed by atoms with Crippen LogP contribution in [0.5, 0.6) is 0 Å². The number of ether oxygens (including phenoxy) is 1. The largest absolute Gasteiger partial charge is 0.455 e. The molecule has 28 heavy (non-hydrogen) atoms. The summed E-state index contributed by atoms with van der Waals surface area (Å²) in [6.45, 7) is 2.91. The Bertz CT molecular complexity index is 751. The summed E-state index contributed by atoms with van der Waals surface area (Å²) in [5, 5.41) is 17.8. The molecule has 1 fully saturated rings. The zero-order chi connectivity index (χ0) is 20.6. The minimum atomic E-state index is -0.859. The molecule has 2 amide bonds. The van der Waals surface area contributed by atoms with E-state index in [1.807, 2.05) is 0 Å². The lowest BCUT2D eigenvalue weighted by Gasteiger charge is -2.31. The first-order valence-corrected chi connectivity index (χ1v) is 10.1. The molecule has 0 unspecified atom stereocenters. The van der Waals surface area contributed by atoms with Gasteiger partial charge in [0.15, 0.2) is 12.4 Å². The summed E-state index contributed by atoms with van der Waals surface area (Å²) in [5.41, 5.74) is -0.859. The van der Waals surface area contributed by atoms with Crippen LogP contribution in [-0.4, -0.2) is 46.1 Å². The first kappa shape index (κ1) is 21.8. The molecule has 0 aromatic carbocycles. The molecule has 10 heteroatoms. The van der Waals surface area contributed by atoms with Gasteiger partial charge < -0.3 is 19.9 Å². The maximum atomic E-state index is 12.0. The van der Waals surface area contributed by atoms with Crippen LogP contribution in [0.2, 0.25) is 0 Å². The molecule has 1 aliphatic carbocycles. The number of hydrogen-bond acceptors (Lipinski definition) is 8. The second kappa shape index (κ2) is 10.1. The highest BCUT2D eigenvalue weighted by Crippen LogP contribution is 2.27. The first-order chi connectivity index (χ1) is 13.3. The molecule has 152 valence electrons. The molecule has 1 saturated carbocycles. The molecule has 1 atom stereocenters. The molecule has 0 radical (unpaired) electrons. The molecule has 2 N–H and O–H groups in total. The van der Waals surface area contributed by atoms with E-state index < -0.39 is 29.3 Å². The lowest BCUT2D eigenvalue weighted by Crippen LogP contribution is -2.50. The van der Waals surface area contributed by atoms with Gasteiger partial charge in [-0.3, -0.25) is 14.4 Å². The van der Waals surface area contributed by atoms with E-state index in [0.29, 0.717) is 24.4 Å². The summed E-state index contributed by atoms with van der Waals surface area (Å²) in [6.07, 6.45) is 4.04. The van der Waals surface area contributed by atoms with Gasteiger partial charge in [-0.25, -0.2) is 0 Å². The lowest BCUT2D eigenvalue weighted by molar-refractivity contribution is -0.146. The average molecular weight is 408 g/mol. The SMILES string of the molecule is Cc1cc(NC(=O)[C@H](C)SCC(=O)OCC(=O)NC2(C#N)CCCCC2)no1. The van der Waals surface area contributed by atoms with E-state index in [9.17, 15) is 19.6 Å². The van der Waals surface area contributed by atoms with Gasteiger partial charge in [0.25, 0.3) is 5.91 Å². The van der Waals surface area contributed by atoms with Crippen molar-refractivity contribution in [2.45, 2.75) is 56.7 Å². The van der Waals surface area contributed by atoms with Gasteiger partial charge in [-0.1, -0.05) is 24.4 Å². The standard InChI is InChI=1S/C18H24N4O5S/c1-12-8-14(22-27-12)20-17(25)13(2)28-10-16(24)26-9-15(23)21-18(11-19)6-4-3-5-7-18/h8,13H,3-7,9-10H2,1-2H3,(H,21,23)(H,20,22,25)/t13-/m0/s1. The van der Waals surface area contributed by atoms with Crippen LogP contribution in [0.15, 0.2) is 10.6 Å². The Morgan fingerprint density at radius 3 is 2.71 bits per heavy atom. The monoisotopic (exact) mass is 408 g/mol. The Hall–Kier alpha value is -2.54. The van der Waals surface area contributed by atoms with Crippen LogP contribution in [0.25, 0.3) is 0 Å². The molecule has 1 heterocycles. The number of aryl methyl sites for hydroxylation is 1. The molecule has 2 rings (SSSR count). The van der Waals surface area contributed by atoms with Crippen LogP contribution < -0.4 is 10.6 Å². The van der Waals surface area contributed by atoms with Crippen LogP contribution in [-0.2, 0) is 19.1 Å². The van der Waals surface area contributed by atoms with Crippen molar-refractivity contribution in [2.24, 2.45) is 0 Å². The zero-order valence-electron chi connectivity index (χ0n) is 15.9. The van der Waals surface area contributed by atoms with Gasteiger partial charge in [0.2, 0.25) is 5.91 Å². The van der Waals surface area contributed by atoms with Crippen molar-refractivity contribution in [2.75, 3.05) is 17.7 Å². The summed E-state index contributed by atoms with van der Waals surface area (Å²) >= 11 is 1.08. The number of esters is 1. The highest BCUT2D eigenvalue weighted by molar-refractivity contribution is 8.01. The number of anilines is 1. The normalized spacial score (nSPS) is 16.5. The quantitative estimate of drug-likeness (QED) is 0.623. The molecule has 9 nitrogen and oxygen atoms in total. The molecular formula is C18H24N4O5S. The fourth-order valence-electron chi connectivity index (χ4n) is 2.83. The second-order valence-electron chi connectivity index (χ2n) is 6.73. The van der Waals surface area contributed by atoms with Crippen molar-refractivity contribution in [1.29, 1.82) is 5.26 Å². The predicted octanol–water partition coefficient (Wildman–Crippen LogP) is 1.93. The lowest BCUT2D eigenvalue weighted by atomic mass is 9.83. The molecule has 1 aromatic heterocycles. The van der Waals surface area contributed by atoms with Gasteiger partial charge in [-0.2, -0.15) is 5.26 Å². The Kier molecular flexibility index (Phi) is 7.87. The Morgan fingerprint density at radius 1 is 1.39 bits per heavy atom. The third-order valence-electron chi connectivity index (χ3n) is 4.36. The summed E-state index contributed by atoms with van der Waals surface area (Å²) in [6, 6.07) is 3.76. The molecule has 1 aliphatic rings. The smallest absolute Gasteiger partial charge is 0.316 e. The van der Waals surface area contributed by atoms with Crippen molar-refractivity contribution < 1.29 is 23.6 Å². The number of amides is 2. The topological polar surface area (TPSA) is 134 Å². The summed E-state index contributed by atoms with van der Waals surface area (Å²) in [4.78, 5) is 35.9. The number of nitrogens with one attached hydrogen (secondary N) is 2. The van der Waals surface area contributed by atoms with Crippen molar-refractivity contribution >= 4 is 35.4 Å². The van der Waals surface area contributed by atoms with Gasteiger partial charge >= 0.3 is 5.97 Å². The highest BCUT2D eigenvalue weighted by atomic mass is 32.2. The third kappa shape index (κ3) is 6.56. The summed E-state index contributed by atoms with van der Waals surface area (Å²) in [5.74, 6) is -0.617. The Labute approximate surface area is 167 Å². The van der Waals surface area contributed by atoms with Crippen LogP contribution in [0, 0.1) is 18.3 Å². The van der Waals surface area contributed by atoms with Crippen LogP contribution in [0.3, 0.4) is 0 Å². The minimum Gasteiger partial charge on any atom is -0.455 e. The van der Waals surface area contributed by atoms with E-state index in [4.69, 9.17) is 9.26 Å². The summed E-state index contributed by atoms with van der Waals surface area (Å²) in [7, 11) is 0. The highest BCUT2D eigenvalue weighted by Gasteiger charge is 2.33. The first-order valence-electron chi connectivity index (χ1n) is 9.07. The van der Waals surface area contributed by atoms with Crippen LogP contribution in [0.1, 0.15) is 44.8 Å². The van der Waals surface area contributed by atoms with Crippen molar-refractivity contribution in [3.63, 3.8) is 0 Å². The van der Waals surface area contributed by atoms with E-state index in [0.717, 1.165) is 31.0 Å². The zero-order valence-corrected chi connectivity index (χ0v) is 16.8. The van der Waals surface area contributed by atoms with E-state index in [1.54, 1.807) is 19.9 Å². The van der Waals surface area contributed by atoms with Gasteiger partial charge in [-0.05, 0) is 26.7 Å². The number of carbonyl (C=O) groups is 3. The third-order valence-corrected chi connectivity index (χ3v) is 5.48. The van der Waals surface area contributed by atoms with Crippen molar-refractivity contribution in [1.82, 2.24) is 10.5 Å². The van der Waals surface area contributed by atoms with E-state index in [2.05, 4.69) is 21.9 Å². The molecule has 1 aromatic rings. The van der Waals surface area contributed by atoms with Gasteiger partial charge in [0.1, 0.15) is 11.3 Å². The van der Waals surface area contributed by atoms with Gasteiger partial charge in [0, 0.05) is 6.07 Å². The number of rotatable bonds is 8. The summed E-state index contributed by atoms with van der Waals surface area (Å²) < 4.78 is 9.81. The molecule has 0 aliphatic heterocycles. The number of thioether (sulfide) groups is 1. The number of nitriles is 1. The maximum Gasteiger partial charge on any atom is 0.316 e. The van der Waals surface area contributed by atoms with Gasteiger partial charge in [0.05, 0.1) is 17.1 Å². The Morgan fingerprint density at radius 2 is 2.11 bits per heavy atom. The van der Waals surface area contributed by atoms with Gasteiger partial charge in [-0.15, -0.1) is 11.8 Å². The van der Waals surface area contributed by atoms with E-state index >= 15 is 0 Å². The van der Waals surface area contributed by atoms with Crippen molar-refractivity contribution in [3.8, 4) is 6.07 Å². The van der Waals surface area contributed by atoms with Crippen LogP contribution >= 0.6 is 11.8 Å². The molecule has 0 saturated heterocycles. The minimum absolute atomic E-state index is 0.0803. The van der Waals surface area contributed by atoms with E-state index in [1.165, 1.54) is 0 Å². The number of aromatic nitrogens is 1. The fourth-order valence-corrected chi connectivity index (χ4v) is 3.51. The van der Waals surface area contributed by atoms with Crippen LogP contribution in [0.4, 0.5) is 5.82 Å². The molecule has 0 bridgehead atoms. The van der Waals surface area contributed by atoms with Crippen molar-refractivity contribution in [3.05, 3.63) is 11.8 Å². The second-order valence-corrected chi connectivity index (χ2v) is 8.06. The Balaban J connectivity index is 1.68. The maximum absolute atomic E-state index is 12.0. The fraction of sp³-hybridized carbons (Fsp3) is 0.611. The average Bonchev–Trinajstić information content (AvgIpc) is 3.09. The predicted molar refractivity (Wildman–Crippen MR) is 102 cm³/mol. The molecule has 0 spiro atoms. The van der Waals surface area contributed by atoms with E-state index in [-0.39, 0.29) is 11.7 Å². The number of nitrogens with zero attached hydrogens (tertiary/aromatic N) is 2.